The van der Waals surface area contributed by atoms with Crippen molar-refractivity contribution in [1.82, 2.24) is 9.97 Å². The maximum absolute atomic E-state index is 12.0. The maximum atomic E-state index is 12.0. The van der Waals surface area contributed by atoms with Crippen LogP contribution in [0.3, 0.4) is 0 Å². The summed E-state index contributed by atoms with van der Waals surface area (Å²) in [5, 5.41) is 8.84. The quantitative estimate of drug-likeness (QED) is 0.828. The molecule has 0 bridgehead atoms. The number of hydrogen-bond acceptors (Lipinski definition) is 5. The Balaban J connectivity index is 2.04. The summed E-state index contributed by atoms with van der Waals surface area (Å²) in [6.45, 7) is 0. The Hall–Kier alpha value is -2.48. The highest BCUT2D eigenvalue weighted by Crippen LogP contribution is 2.11. The van der Waals surface area contributed by atoms with Gasteiger partial charge in [-0.15, -0.1) is 0 Å². The van der Waals surface area contributed by atoms with E-state index in [1.165, 1.54) is 12.3 Å². The molecule has 2 aromatic heterocycles. The molecule has 21 heavy (non-hydrogen) atoms. The molecule has 8 heteroatoms. The van der Waals surface area contributed by atoms with Crippen molar-refractivity contribution >= 4 is 21.7 Å². The van der Waals surface area contributed by atoms with Gasteiger partial charge in [0, 0.05) is 18.6 Å². The number of sulfonamides is 1. The predicted octanol–water partition coefficient (Wildman–Crippen LogP) is 1.16. The number of nitrogens with zero attached hydrogens (tertiary/aromatic N) is 2. The summed E-state index contributed by atoms with van der Waals surface area (Å²) in [7, 11) is -3.58. The van der Waals surface area contributed by atoms with Crippen molar-refractivity contribution in [3.8, 4) is 0 Å². The Kier molecular flexibility index (Phi) is 4.49. The molecule has 2 heterocycles. The molecule has 0 aliphatic rings. The van der Waals surface area contributed by atoms with Crippen LogP contribution in [0, 0.1) is 0 Å². The van der Waals surface area contributed by atoms with Crippen LogP contribution in [0.4, 0.5) is 5.69 Å². The lowest BCUT2D eigenvalue weighted by molar-refractivity contribution is 0.0696. The normalized spacial score (nSPS) is 11.0. The van der Waals surface area contributed by atoms with Crippen molar-refractivity contribution in [3.05, 3.63) is 54.1 Å². The van der Waals surface area contributed by atoms with Gasteiger partial charge in [-0.25, -0.2) is 13.2 Å². The van der Waals surface area contributed by atoms with Gasteiger partial charge in [0.25, 0.3) is 0 Å². The first-order chi connectivity index (χ1) is 9.96. The van der Waals surface area contributed by atoms with Crippen molar-refractivity contribution in [2.45, 2.75) is 6.42 Å². The molecule has 2 N–H and O–H groups in total. The molecule has 0 aromatic carbocycles. The van der Waals surface area contributed by atoms with Crippen molar-refractivity contribution in [3.63, 3.8) is 0 Å². The van der Waals surface area contributed by atoms with E-state index in [4.69, 9.17) is 5.11 Å². The second-order valence-electron chi connectivity index (χ2n) is 4.29. The second-order valence-corrected chi connectivity index (χ2v) is 6.14. The molecule has 2 rings (SSSR count). The largest absolute Gasteiger partial charge is 0.478 e. The number of carboxylic acid groups (broad SMARTS) is 1. The Morgan fingerprint density at radius 3 is 2.57 bits per heavy atom. The Labute approximate surface area is 121 Å². The first-order valence-corrected chi connectivity index (χ1v) is 7.69. The third kappa shape index (κ3) is 4.53. The molecule has 0 radical (unpaired) electrons. The molecule has 0 atom stereocenters. The molecule has 2 aromatic rings. The second kappa shape index (κ2) is 6.31. The fourth-order valence-corrected chi connectivity index (χ4v) is 2.72. The van der Waals surface area contributed by atoms with E-state index < -0.39 is 16.0 Å². The van der Waals surface area contributed by atoms with Gasteiger partial charge in [0.1, 0.15) is 0 Å². The summed E-state index contributed by atoms with van der Waals surface area (Å²) in [5.41, 5.74) is 0.904. The average Bonchev–Trinajstić information content (AvgIpc) is 2.46. The van der Waals surface area contributed by atoms with Crippen LogP contribution in [0.25, 0.3) is 0 Å². The summed E-state index contributed by atoms with van der Waals surface area (Å²) < 4.78 is 26.2. The van der Waals surface area contributed by atoms with E-state index >= 15 is 0 Å². The van der Waals surface area contributed by atoms with Crippen molar-refractivity contribution in [1.29, 1.82) is 0 Å². The molecular formula is C13H13N3O4S. The van der Waals surface area contributed by atoms with Crippen molar-refractivity contribution in [2.75, 3.05) is 10.5 Å². The van der Waals surface area contributed by atoms with Crippen LogP contribution in [-0.2, 0) is 16.4 Å². The molecule has 7 nitrogen and oxygen atoms in total. The predicted molar refractivity (Wildman–Crippen MR) is 76.5 cm³/mol. The van der Waals surface area contributed by atoms with E-state index in [2.05, 4.69) is 14.7 Å². The number of hydrogen-bond donors (Lipinski definition) is 2. The highest BCUT2D eigenvalue weighted by atomic mass is 32.2. The van der Waals surface area contributed by atoms with E-state index in [-0.39, 0.29) is 17.0 Å². The monoisotopic (exact) mass is 307 g/mol. The van der Waals surface area contributed by atoms with Gasteiger partial charge in [-0.3, -0.25) is 14.7 Å². The minimum atomic E-state index is -3.58. The van der Waals surface area contributed by atoms with Gasteiger partial charge < -0.3 is 5.11 Å². The van der Waals surface area contributed by atoms with E-state index in [0.717, 1.165) is 11.8 Å². The molecule has 0 saturated heterocycles. The molecule has 0 aliphatic carbocycles. The molecule has 110 valence electrons. The number of aryl methyl sites for hydroxylation is 1. The lowest BCUT2D eigenvalue weighted by atomic mass is 10.2. The minimum Gasteiger partial charge on any atom is -0.478 e. The summed E-state index contributed by atoms with van der Waals surface area (Å²) in [5.74, 6) is -1.28. The number of rotatable bonds is 6. The van der Waals surface area contributed by atoms with Crippen molar-refractivity contribution in [2.24, 2.45) is 0 Å². The van der Waals surface area contributed by atoms with E-state index in [1.54, 1.807) is 24.5 Å². The maximum Gasteiger partial charge on any atom is 0.337 e. The van der Waals surface area contributed by atoms with Crippen LogP contribution in [0.1, 0.15) is 15.9 Å². The van der Waals surface area contributed by atoms with Crippen molar-refractivity contribution < 1.29 is 18.3 Å². The zero-order valence-corrected chi connectivity index (χ0v) is 11.7. The number of anilines is 1. The lowest BCUT2D eigenvalue weighted by Crippen LogP contribution is -2.18. The van der Waals surface area contributed by atoms with Crippen LogP contribution < -0.4 is 4.72 Å². The third-order valence-corrected chi connectivity index (χ3v) is 3.96. The minimum absolute atomic E-state index is 0.0793. The summed E-state index contributed by atoms with van der Waals surface area (Å²) in [6, 6.07) is 4.70. The van der Waals surface area contributed by atoms with Crippen LogP contribution in [0.15, 0.2) is 43.0 Å². The van der Waals surface area contributed by atoms with Crippen LogP contribution >= 0.6 is 0 Å². The SMILES string of the molecule is O=C(O)c1cncc(NS(=O)(=O)CCc2ccncc2)c1. The van der Waals surface area contributed by atoms with Gasteiger partial charge in [-0.1, -0.05) is 0 Å². The molecule has 0 amide bonds. The van der Waals surface area contributed by atoms with E-state index in [1.807, 2.05) is 0 Å². The fraction of sp³-hybridized carbons (Fsp3) is 0.154. The standard InChI is InChI=1S/C13H13N3O4S/c17-13(18)11-7-12(9-15-8-11)16-21(19,20)6-3-10-1-4-14-5-2-10/h1-2,4-5,7-9,16H,3,6H2,(H,17,18). The zero-order valence-electron chi connectivity index (χ0n) is 10.9. The lowest BCUT2D eigenvalue weighted by Gasteiger charge is -2.08. The third-order valence-electron chi connectivity index (χ3n) is 2.67. The molecule has 0 unspecified atom stereocenters. The van der Waals surface area contributed by atoms with Gasteiger partial charge in [0.05, 0.1) is 23.2 Å². The smallest absolute Gasteiger partial charge is 0.337 e. The number of aromatic carboxylic acids is 1. The number of pyridine rings is 2. The van der Waals surface area contributed by atoms with Gasteiger partial charge in [-0.05, 0) is 30.2 Å². The Bertz CT molecular complexity index is 732. The zero-order chi connectivity index (χ0) is 15.3. The number of carboxylic acids is 1. The average molecular weight is 307 g/mol. The molecular weight excluding hydrogens is 294 g/mol. The number of nitrogens with one attached hydrogen (secondary N) is 1. The molecule has 0 spiro atoms. The van der Waals surface area contributed by atoms with E-state index in [9.17, 15) is 13.2 Å². The summed E-state index contributed by atoms with van der Waals surface area (Å²) in [6.07, 6.45) is 5.93. The van der Waals surface area contributed by atoms with Gasteiger partial charge in [-0.2, -0.15) is 0 Å². The highest BCUT2D eigenvalue weighted by Gasteiger charge is 2.12. The fourth-order valence-electron chi connectivity index (χ4n) is 1.64. The highest BCUT2D eigenvalue weighted by molar-refractivity contribution is 7.92. The molecule has 0 saturated carbocycles. The van der Waals surface area contributed by atoms with Crippen LogP contribution in [0.5, 0.6) is 0 Å². The topological polar surface area (TPSA) is 109 Å². The summed E-state index contributed by atoms with van der Waals surface area (Å²) in [4.78, 5) is 18.4. The summed E-state index contributed by atoms with van der Waals surface area (Å²) >= 11 is 0. The molecule has 0 aliphatic heterocycles. The molecule has 0 fully saturated rings. The van der Waals surface area contributed by atoms with Gasteiger partial charge in [0.2, 0.25) is 10.0 Å². The van der Waals surface area contributed by atoms with Gasteiger partial charge in [0.15, 0.2) is 0 Å². The van der Waals surface area contributed by atoms with Crippen LogP contribution in [-0.4, -0.2) is 35.2 Å². The first kappa shape index (κ1) is 14.9. The van der Waals surface area contributed by atoms with E-state index in [0.29, 0.717) is 6.42 Å². The van der Waals surface area contributed by atoms with Gasteiger partial charge >= 0.3 is 5.97 Å². The van der Waals surface area contributed by atoms with Crippen LogP contribution in [0.2, 0.25) is 0 Å². The Morgan fingerprint density at radius 2 is 1.90 bits per heavy atom. The Morgan fingerprint density at radius 1 is 1.19 bits per heavy atom. The number of carbonyl (C=O) groups is 1. The first-order valence-electron chi connectivity index (χ1n) is 6.04. The number of aromatic nitrogens is 2.